The van der Waals surface area contributed by atoms with E-state index in [4.69, 9.17) is 4.74 Å². The van der Waals surface area contributed by atoms with Gasteiger partial charge in [-0.3, -0.25) is 4.79 Å². The van der Waals surface area contributed by atoms with Crippen LogP contribution in [0.1, 0.15) is 47.6 Å². The molecule has 1 atom stereocenters. The van der Waals surface area contributed by atoms with Gasteiger partial charge < -0.3 is 19.9 Å². The number of halogens is 1. The van der Waals surface area contributed by atoms with Crippen LogP contribution in [-0.4, -0.2) is 45.3 Å². The van der Waals surface area contributed by atoms with Crippen LogP contribution >= 0.6 is 0 Å². The summed E-state index contributed by atoms with van der Waals surface area (Å²) in [5.41, 5.74) is 5.81. The quantitative estimate of drug-likeness (QED) is 0.470. The van der Waals surface area contributed by atoms with Crippen molar-refractivity contribution in [1.29, 1.82) is 0 Å². The van der Waals surface area contributed by atoms with Gasteiger partial charge in [0.05, 0.1) is 25.7 Å². The van der Waals surface area contributed by atoms with Crippen molar-refractivity contribution in [1.82, 2.24) is 5.32 Å². The number of carbonyl (C=O) groups excluding carboxylic acids is 1. The van der Waals surface area contributed by atoms with Crippen molar-refractivity contribution in [3.05, 3.63) is 94.8 Å². The maximum Gasteiger partial charge on any atom is 0.225 e. The second-order valence-electron chi connectivity index (χ2n) is 10.1. The van der Waals surface area contributed by atoms with E-state index in [1.165, 1.54) is 36.6 Å². The average Bonchev–Trinajstić information content (AvgIpc) is 2.94. The van der Waals surface area contributed by atoms with Crippen LogP contribution in [0.25, 0.3) is 0 Å². The molecule has 37 heavy (non-hydrogen) atoms. The van der Waals surface area contributed by atoms with Gasteiger partial charge in [0.1, 0.15) is 5.82 Å². The molecule has 2 aliphatic heterocycles. The molecule has 6 heteroatoms. The van der Waals surface area contributed by atoms with Gasteiger partial charge in [-0.05, 0) is 67.1 Å². The van der Waals surface area contributed by atoms with Crippen LogP contribution in [0, 0.1) is 12.7 Å². The molecule has 0 radical (unpaired) electrons. The minimum absolute atomic E-state index is 0.0156. The number of carbonyl (C=O) groups is 1. The van der Waals surface area contributed by atoms with Crippen LogP contribution in [0.15, 0.2) is 66.7 Å². The van der Waals surface area contributed by atoms with E-state index in [0.29, 0.717) is 18.8 Å². The Kier molecular flexibility index (Phi) is 8.05. The fourth-order valence-electron chi connectivity index (χ4n) is 5.39. The zero-order chi connectivity index (χ0) is 25.6. The fourth-order valence-corrected chi connectivity index (χ4v) is 5.39. The number of anilines is 2. The lowest BCUT2D eigenvalue weighted by atomic mass is 9.94. The van der Waals surface area contributed by atoms with Crippen LogP contribution in [0.3, 0.4) is 0 Å². The highest BCUT2D eigenvalue weighted by Crippen LogP contribution is 2.33. The van der Waals surface area contributed by atoms with Crippen molar-refractivity contribution < 1.29 is 13.9 Å². The second kappa shape index (κ2) is 11.8. The number of ether oxygens (including phenoxy) is 1. The molecule has 1 amide bonds. The molecule has 2 aliphatic rings. The van der Waals surface area contributed by atoms with Gasteiger partial charge >= 0.3 is 0 Å². The summed E-state index contributed by atoms with van der Waals surface area (Å²) in [4.78, 5) is 18.1. The lowest BCUT2D eigenvalue weighted by Crippen LogP contribution is -2.36. The molecule has 0 aromatic heterocycles. The van der Waals surface area contributed by atoms with E-state index in [1.54, 1.807) is 6.07 Å². The Bertz CT molecular complexity index is 1200. The molecule has 1 unspecified atom stereocenters. The number of amides is 1. The van der Waals surface area contributed by atoms with Gasteiger partial charge in [-0.25, -0.2) is 4.39 Å². The van der Waals surface area contributed by atoms with Crippen LogP contribution < -0.4 is 15.1 Å². The van der Waals surface area contributed by atoms with E-state index in [0.717, 1.165) is 43.0 Å². The lowest BCUT2D eigenvalue weighted by molar-refractivity contribution is -0.121. The molecule has 0 spiro atoms. The number of hydrogen-bond acceptors (Lipinski definition) is 4. The van der Waals surface area contributed by atoms with E-state index >= 15 is 0 Å². The Balaban J connectivity index is 1.42. The maximum atomic E-state index is 14.8. The summed E-state index contributed by atoms with van der Waals surface area (Å²) in [6, 6.07) is 21.3. The zero-order valence-corrected chi connectivity index (χ0v) is 21.6. The van der Waals surface area contributed by atoms with Crippen LogP contribution in [0.5, 0.6) is 0 Å². The third kappa shape index (κ3) is 6.13. The van der Waals surface area contributed by atoms with Gasteiger partial charge in [0.25, 0.3) is 0 Å². The van der Waals surface area contributed by atoms with E-state index in [9.17, 15) is 9.18 Å². The number of rotatable bonds is 7. The standard InChI is InChI=1S/C31H36FN3O2/c1-23-10-12-27(29(20-23)35-14-6-3-7-15-35)31(24-8-4-2-5-9-24)33-30(36)22-25-21-26(11-13-28(25)32)34-16-18-37-19-17-34/h2,4-5,8-13,20-21,31H,3,6-7,14-19,22H2,1H3,(H,33,36). The number of benzene rings is 3. The number of piperidine rings is 1. The molecule has 194 valence electrons. The average molecular weight is 502 g/mol. The molecular formula is C31H36FN3O2. The highest BCUT2D eigenvalue weighted by molar-refractivity contribution is 5.80. The first-order valence-electron chi connectivity index (χ1n) is 13.4. The Morgan fingerprint density at radius 1 is 0.919 bits per heavy atom. The summed E-state index contributed by atoms with van der Waals surface area (Å²) < 4.78 is 20.2. The van der Waals surface area contributed by atoms with Crippen LogP contribution in [-0.2, 0) is 16.0 Å². The topological polar surface area (TPSA) is 44.8 Å². The Morgan fingerprint density at radius 2 is 1.68 bits per heavy atom. The molecule has 1 N–H and O–H groups in total. The van der Waals surface area contributed by atoms with Gasteiger partial charge in [-0.15, -0.1) is 0 Å². The highest BCUT2D eigenvalue weighted by Gasteiger charge is 2.24. The van der Waals surface area contributed by atoms with E-state index in [2.05, 4.69) is 40.2 Å². The highest BCUT2D eigenvalue weighted by atomic mass is 19.1. The Morgan fingerprint density at radius 3 is 2.43 bits per heavy atom. The summed E-state index contributed by atoms with van der Waals surface area (Å²) in [5, 5.41) is 3.26. The van der Waals surface area contributed by atoms with Crippen molar-refractivity contribution >= 4 is 17.3 Å². The van der Waals surface area contributed by atoms with Crippen molar-refractivity contribution in [2.24, 2.45) is 0 Å². The Hall–Kier alpha value is -3.38. The molecule has 0 saturated carbocycles. The number of morpholine rings is 1. The summed E-state index contributed by atoms with van der Waals surface area (Å²) in [7, 11) is 0. The molecule has 3 aromatic carbocycles. The minimum Gasteiger partial charge on any atom is -0.378 e. The van der Waals surface area contributed by atoms with E-state index < -0.39 is 0 Å². The maximum absolute atomic E-state index is 14.8. The molecule has 0 bridgehead atoms. The van der Waals surface area contributed by atoms with Gasteiger partial charge in [0.2, 0.25) is 5.91 Å². The fraction of sp³-hybridized carbons (Fsp3) is 0.387. The number of hydrogen-bond donors (Lipinski definition) is 1. The molecule has 5 nitrogen and oxygen atoms in total. The third-order valence-electron chi connectivity index (χ3n) is 7.39. The predicted octanol–water partition coefficient (Wildman–Crippen LogP) is 5.41. The van der Waals surface area contributed by atoms with Gasteiger partial charge in [-0.2, -0.15) is 0 Å². The number of nitrogens with one attached hydrogen (secondary N) is 1. The van der Waals surface area contributed by atoms with Gasteiger partial charge in [-0.1, -0.05) is 42.5 Å². The summed E-state index contributed by atoms with van der Waals surface area (Å²) in [5.74, 6) is -0.551. The largest absolute Gasteiger partial charge is 0.378 e. The van der Waals surface area contributed by atoms with Gasteiger partial charge in [0, 0.05) is 43.1 Å². The van der Waals surface area contributed by atoms with Crippen molar-refractivity contribution in [2.75, 3.05) is 49.2 Å². The first kappa shape index (κ1) is 25.3. The first-order valence-corrected chi connectivity index (χ1v) is 13.4. The molecule has 2 saturated heterocycles. The SMILES string of the molecule is Cc1ccc(C(NC(=O)Cc2cc(N3CCOCC3)ccc2F)c2ccccc2)c(N2CCCCC2)c1. The molecule has 3 aromatic rings. The summed E-state index contributed by atoms with van der Waals surface area (Å²) in [6.45, 7) is 6.98. The summed E-state index contributed by atoms with van der Waals surface area (Å²) in [6.07, 6.45) is 3.59. The molecule has 5 rings (SSSR count). The summed E-state index contributed by atoms with van der Waals surface area (Å²) >= 11 is 0. The van der Waals surface area contributed by atoms with Gasteiger partial charge in [0.15, 0.2) is 0 Å². The minimum atomic E-state index is -0.354. The van der Waals surface area contributed by atoms with Crippen LogP contribution in [0.4, 0.5) is 15.8 Å². The monoisotopic (exact) mass is 501 g/mol. The van der Waals surface area contributed by atoms with Crippen molar-refractivity contribution in [2.45, 2.75) is 38.6 Å². The molecule has 2 heterocycles. The van der Waals surface area contributed by atoms with E-state index in [1.807, 2.05) is 36.4 Å². The zero-order valence-electron chi connectivity index (χ0n) is 21.6. The molecular weight excluding hydrogens is 465 g/mol. The second-order valence-corrected chi connectivity index (χ2v) is 10.1. The Labute approximate surface area is 219 Å². The van der Waals surface area contributed by atoms with E-state index in [-0.39, 0.29) is 24.2 Å². The predicted molar refractivity (Wildman–Crippen MR) is 147 cm³/mol. The molecule has 0 aliphatic carbocycles. The normalized spacial score (nSPS) is 16.9. The van der Waals surface area contributed by atoms with Crippen LogP contribution in [0.2, 0.25) is 0 Å². The third-order valence-corrected chi connectivity index (χ3v) is 7.39. The first-order chi connectivity index (χ1) is 18.1. The number of aryl methyl sites for hydroxylation is 1. The van der Waals surface area contributed by atoms with Crippen molar-refractivity contribution in [3.63, 3.8) is 0 Å². The molecule has 2 fully saturated rings. The lowest BCUT2D eigenvalue weighted by Gasteiger charge is -2.33. The smallest absolute Gasteiger partial charge is 0.225 e. The number of nitrogens with zero attached hydrogens (tertiary/aromatic N) is 2. The van der Waals surface area contributed by atoms with Crippen molar-refractivity contribution in [3.8, 4) is 0 Å².